The maximum Gasteiger partial charge on any atom is 0.145 e. The summed E-state index contributed by atoms with van der Waals surface area (Å²) in [7, 11) is 1.71. The lowest BCUT2D eigenvalue weighted by Crippen LogP contribution is -1.94. The van der Waals surface area contributed by atoms with Crippen LogP contribution in [0.15, 0.2) is 40.5 Å². The Bertz CT molecular complexity index is 534. The van der Waals surface area contributed by atoms with Crippen molar-refractivity contribution in [2.75, 3.05) is 12.4 Å². The molecule has 0 unspecified atom stereocenters. The molecule has 0 radical (unpaired) electrons. The molecule has 0 saturated carbocycles. The summed E-state index contributed by atoms with van der Waals surface area (Å²) >= 11 is 1.03. The van der Waals surface area contributed by atoms with E-state index in [1.165, 1.54) is 6.20 Å². The fourth-order valence-electron chi connectivity index (χ4n) is 1.19. The number of nitrogens with one attached hydrogen (secondary N) is 1. The first-order chi connectivity index (χ1) is 8.19. The molecule has 0 bridgehead atoms. The van der Waals surface area contributed by atoms with Gasteiger partial charge in [0.25, 0.3) is 0 Å². The van der Waals surface area contributed by atoms with Gasteiger partial charge in [-0.1, -0.05) is 11.8 Å². The molecule has 0 fully saturated rings. The first kappa shape index (κ1) is 11.8. The van der Waals surface area contributed by atoms with Gasteiger partial charge in [0.2, 0.25) is 0 Å². The number of nitrogens with zero attached hydrogens (tertiary/aromatic N) is 2. The fourth-order valence-corrected chi connectivity index (χ4v) is 2.01. The average Bonchev–Trinajstić information content (AvgIpc) is 2.34. The van der Waals surface area contributed by atoms with Crippen molar-refractivity contribution >= 4 is 17.6 Å². The van der Waals surface area contributed by atoms with Crippen LogP contribution in [0.4, 0.5) is 14.6 Å². The Morgan fingerprint density at radius 2 is 2.06 bits per heavy atom. The topological polar surface area (TPSA) is 37.8 Å². The zero-order valence-electron chi connectivity index (χ0n) is 8.95. The minimum Gasteiger partial charge on any atom is -0.372 e. The number of anilines is 1. The SMILES string of the molecule is CNc1cncc(Sc2cc(F)ccc2F)n1. The number of hydrogen-bond acceptors (Lipinski definition) is 4. The van der Waals surface area contributed by atoms with Gasteiger partial charge in [0.05, 0.1) is 17.3 Å². The highest BCUT2D eigenvalue weighted by Gasteiger charge is 2.07. The van der Waals surface area contributed by atoms with Gasteiger partial charge in [-0.2, -0.15) is 0 Å². The Kier molecular flexibility index (Phi) is 3.53. The summed E-state index contributed by atoms with van der Waals surface area (Å²) in [4.78, 5) is 8.29. The lowest BCUT2D eigenvalue weighted by Gasteiger charge is -2.04. The van der Waals surface area contributed by atoms with Gasteiger partial charge in [0, 0.05) is 7.05 Å². The molecular weight excluding hydrogens is 244 g/mol. The van der Waals surface area contributed by atoms with Crippen LogP contribution in [-0.4, -0.2) is 17.0 Å². The number of aromatic nitrogens is 2. The van der Waals surface area contributed by atoms with E-state index in [-0.39, 0.29) is 4.90 Å². The van der Waals surface area contributed by atoms with E-state index in [1.807, 2.05) is 0 Å². The molecule has 3 nitrogen and oxygen atoms in total. The van der Waals surface area contributed by atoms with Crippen molar-refractivity contribution in [1.82, 2.24) is 9.97 Å². The smallest absolute Gasteiger partial charge is 0.145 e. The molecule has 0 atom stereocenters. The number of rotatable bonds is 3. The molecule has 0 saturated heterocycles. The molecule has 0 spiro atoms. The Morgan fingerprint density at radius 3 is 2.82 bits per heavy atom. The summed E-state index contributed by atoms with van der Waals surface area (Å²) in [6.45, 7) is 0. The molecule has 2 rings (SSSR count). The van der Waals surface area contributed by atoms with Gasteiger partial charge < -0.3 is 5.32 Å². The molecule has 0 aliphatic rings. The second kappa shape index (κ2) is 5.09. The highest BCUT2D eigenvalue weighted by atomic mass is 32.2. The molecule has 0 aliphatic heterocycles. The summed E-state index contributed by atoms with van der Waals surface area (Å²) in [6, 6.07) is 3.30. The van der Waals surface area contributed by atoms with Gasteiger partial charge in [-0.25, -0.2) is 13.8 Å². The monoisotopic (exact) mass is 253 g/mol. The molecule has 1 aromatic heterocycles. The molecule has 1 N–H and O–H groups in total. The predicted octanol–water partition coefficient (Wildman–Crippen LogP) is 2.95. The number of halogens is 2. The zero-order chi connectivity index (χ0) is 12.3. The van der Waals surface area contributed by atoms with E-state index in [0.29, 0.717) is 10.8 Å². The third kappa shape index (κ3) is 2.91. The number of benzene rings is 1. The van der Waals surface area contributed by atoms with Gasteiger partial charge in [-0.3, -0.25) is 4.98 Å². The Labute approximate surface area is 101 Å². The fraction of sp³-hybridized carbons (Fsp3) is 0.0909. The van der Waals surface area contributed by atoms with Crippen molar-refractivity contribution in [2.45, 2.75) is 9.92 Å². The standard InChI is InChI=1S/C11H9F2N3S/c1-14-10-5-15-6-11(16-10)17-9-4-7(12)2-3-8(9)13/h2-6H,1H3,(H,14,16). The van der Waals surface area contributed by atoms with Crippen molar-refractivity contribution < 1.29 is 8.78 Å². The van der Waals surface area contributed by atoms with E-state index in [4.69, 9.17) is 0 Å². The largest absolute Gasteiger partial charge is 0.372 e. The van der Waals surface area contributed by atoms with Gasteiger partial charge in [-0.15, -0.1) is 0 Å². The summed E-state index contributed by atoms with van der Waals surface area (Å²) < 4.78 is 26.4. The summed E-state index contributed by atoms with van der Waals surface area (Å²) in [5, 5.41) is 3.33. The Hall–Kier alpha value is -1.69. The van der Waals surface area contributed by atoms with E-state index in [2.05, 4.69) is 15.3 Å². The van der Waals surface area contributed by atoms with Crippen LogP contribution in [0.3, 0.4) is 0 Å². The van der Waals surface area contributed by atoms with Crippen LogP contribution in [-0.2, 0) is 0 Å². The van der Waals surface area contributed by atoms with Crippen LogP contribution in [0, 0.1) is 11.6 Å². The van der Waals surface area contributed by atoms with Gasteiger partial charge >= 0.3 is 0 Å². The molecular formula is C11H9F2N3S. The Morgan fingerprint density at radius 1 is 1.24 bits per heavy atom. The lowest BCUT2D eigenvalue weighted by atomic mass is 10.3. The van der Waals surface area contributed by atoms with Gasteiger partial charge in [-0.05, 0) is 18.2 Å². The van der Waals surface area contributed by atoms with E-state index >= 15 is 0 Å². The second-order valence-corrected chi connectivity index (χ2v) is 4.23. The first-order valence-electron chi connectivity index (χ1n) is 4.82. The minimum absolute atomic E-state index is 0.188. The van der Waals surface area contributed by atoms with E-state index in [9.17, 15) is 8.78 Å². The minimum atomic E-state index is -0.480. The average molecular weight is 253 g/mol. The first-order valence-corrected chi connectivity index (χ1v) is 5.63. The Balaban J connectivity index is 2.27. The van der Waals surface area contributed by atoms with Gasteiger partial charge in [0.1, 0.15) is 22.5 Å². The second-order valence-electron chi connectivity index (χ2n) is 3.17. The van der Waals surface area contributed by atoms with Crippen molar-refractivity contribution in [3.8, 4) is 0 Å². The third-order valence-electron chi connectivity index (χ3n) is 1.98. The zero-order valence-corrected chi connectivity index (χ0v) is 9.76. The molecule has 0 amide bonds. The highest BCUT2D eigenvalue weighted by molar-refractivity contribution is 7.99. The molecule has 1 heterocycles. The predicted molar refractivity (Wildman–Crippen MR) is 62.1 cm³/mol. The quantitative estimate of drug-likeness (QED) is 0.912. The third-order valence-corrected chi connectivity index (χ3v) is 2.91. The van der Waals surface area contributed by atoms with Crippen LogP contribution >= 0.6 is 11.8 Å². The highest BCUT2D eigenvalue weighted by Crippen LogP contribution is 2.28. The summed E-state index contributed by atoms with van der Waals surface area (Å²) in [5.41, 5.74) is 0. The molecule has 6 heteroatoms. The molecule has 1 aromatic carbocycles. The van der Waals surface area contributed by atoms with Crippen molar-refractivity contribution in [1.29, 1.82) is 0 Å². The molecule has 88 valence electrons. The summed E-state index contributed by atoms with van der Waals surface area (Å²) in [5.74, 6) is -0.383. The van der Waals surface area contributed by atoms with Crippen molar-refractivity contribution in [3.05, 3.63) is 42.2 Å². The van der Waals surface area contributed by atoms with Crippen LogP contribution < -0.4 is 5.32 Å². The van der Waals surface area contributed by atoms with E-state index in [1.54, 1.807) is 13.2 Å². The van der Waals surface area contributed by atoms with E-state index < -0.39 is 11.6 Å². The molecule has 2 aromatic rings. The number of hydrogen-bond donors (Lipinski definition) is 1. The van der Waals surface area contributed by atoms with Crippen LogP contribution in [0.5, 0.6) is 0 Å². The van der Waals surface area contributed by atoms with Crippen molar-refractivity contribution in [3.63, 3.8) is 0 Å². The lowest BCUT2D eigenvalue weighted by molar-refractivity contribution is 0.577. The van der Waals surface area contributed by atoms with Gasteiger partial charge in [0.15, 0.2) is 0 Å². The maximum absolute atomic E-state index is 13.4. The van der Waals surface area contributed by atoms with Crippen LogP contribution in [0.25, 0.3) is 0 Å². The van der Waals surface area contributed by atoms with E-state index in [0.717, 1.165) is 30.0 Å². The summed E-state index contributed by atoms with van der Waals surface area (Å²) in [6.07, 6.45) is 3.04. The van der Waals surface area contributed by atoms with Crippen molar-refractivity contribution in [2.24, 2.45) is 0 Å². The molecule has 0 aliphatic carbocycles. The van der Waals surface area contributed by atoms with Crippen LogP contribution in [0.2, 0.25) is 0 Å². The normalized spacial score (nSPS) is 10.3. The van der Waals surface area contributed by atoms with Crippen LogP contribution in [0.1, 0.15) is 0 Å². The maximum atomic E-state index is 13.4. The molecule has 17 heavy (non-hydrogen) atoms.